The molecule has 1 aromatic rings. The predicted molar refractivity (Wildman–Crippen MR) is 75.7 cm³/mol. The van der Waals surface area contributed by atoms with Gasteiger partial charge in [0.15, 0.2) is 0 Å². The zero-order chi connectivity index (χ0) is 12.3. The van der Waals surface area contributed by atoms with Gasteiger partial charge in [-0.25, -0.2) is 0 Å². The molecule has 2 heteroatoms. The number of alkyl halides is 1. The molecular weight excluding hydrogens is 276 g/mol. The molecule has 0 amide bonds. The van der Waals surface area contributed by atoms with E-state index >= 15 is 0 Å². The van der Waals surface area contributed by atoms with Gasteiger partial charge < -0.3 is 4.74 Å². The highest BCUT2D eigenvalue weighted by Gasteiger charge is 2.37. The molecule has 2 rings (SSSR count). The summed E-state index contributed by atoms with van der Waals surface area (Å²) in [5, 5.41) is 0. The number of rotatable bonds is 4. The molecule has 0 radical (unpaired) electrons. The Hall–Kier alpha value is -0.340. The van der Waals surface area contributed by atoms with Crippen LogP contribution in [0.25, 0.3) is 0 Å². The van der Waals surface area contributed by atoms with Crippen LogP contribution in [0, 0.1) is 0 Å². The van der Waals surface area contributed by atoms with Gasteiger partial charge in [-0.2, -0.15) is 0 Å². The fourth-order valence-electron chi connectivity index (χ4n) is 2.50. The number of ether oxygens (including phenoxy) is 1. The van der Waals surface area contributed by atoms with Crippen LogP contribution in [0.2, 0.25) is 0 Å². The highest BCUT2D eigenvalue weighted by atomic mass is 79.9. The molecule has 2 atom stereocenters. The van der Waals surface area contributed by atoms with Crippen molar-refractivity contribution in [1.82, 2.24) is 0 Å². The molecule has 1 aromatic carbocycles. The summed E-state index contributed by atoms with van der Waals surface area (Å²) in [7, 11) is 0. The van der Waals surface area contributed by atoms with E-state index in [1.165, 1.54) is 30.4 Å². The zero-order valence-electron chi connectivity index (χ0n) is 10.7. The molecule has 17 heavy (non-hydrogen) atoms. The first-order valence-corrected chi connectivity index (χ1v) is 7.44. The summed E-state index contributed by atoms with van der Waals surface area (Å²) < 4.78 is 5.89. The lowest BCUT2D eigenvalue weighted by atomic mass is 9.93. The molecule has 0 aliphatic carbocycles. The van der Waals surface area contributed by atoms with Gasteiger partial charge in [-0.3, -0.25) is 0 Å². The Kier molecular flexibility index (Phi) is 4.26. The first kappa shape index (κ1) is 13.1. The van der Waals surface area contributed by atoms with E-state index in [1.54, 1.807) is 0 Å². The maximum Gasteiger partial charge on any atom is 0.0820 e. The van der Waals surface area contributed by atoms with Crippen LogP contribution in [0.15, 0.2) is 24.3 Å². The summed E-state index contributed by atoms with van der Waals surface area (Å²) in [5.74, 6) is 0. The molecule has 1 aliphatic heterocycles. The number of benzene rings is 1. The standard InChI is InChI=1S/C15H21BrO/c1-3-5-12-6-8-13(9-7-12)14(16)15(2)10-4-11-17-15/h6-9,14H,3-5,10-11H2,1-2H3. The van der Waals surface area contributed by atoms with Gasteiger partial charge in [-0.1, -0.05) is 53.5 Å². The molecule has 2 unspecified atom stereocenters. The van der Waals surface area contributed by atoms with Gasteiger partial charge in [0.05, 0.1) is 10.4 Å². The predicted octanol–water partition coefficient (Wildman–Crippen LogP) is 4.64. The highest BCUT2D eigenvalue weighted by molar-refractivity contribution is 9.09. The van der Waals surface area contributed by atoms with Gasteiger partial charge in [0.25, 0.3) is 0 Å². The maximum atomic E-state index is 5.89. The van der Waals surface area contributed by atoms with Crippen molar-refractivity contribution in [3.8, 4) is 0 Å². The van der Waals surface area contributed by atoms with Gasteiger partial charge in [0.1, 0.15) is 0 Å². The van der Waals surface area contributed by atoms with E-state index in [0.717, 1.165) is 13.0 Å². The van der Waals surface area contributed by atoms with E-state index < -0.39 is 0 Å². The average molecular weight is 297 g/mol. The Morgan fingerprint density at radius 1 is 1.35 bits per heavy atom. The van der Waals surface area contributed by atoms with Crippen LogP contribution in [0.1, 0.15) is 49.1 Å². The Morgan fingerprint density at radius 2 is 2.06 bits per heavy atom. The average Bonchev–Trinajstić information content (AvgIpc) is 2.78. The lowest BCUT2D eigenvalue weighted by Crippen LogP contribution is -2.28. The van der Waals surface area contributed by atoms with Crippen LogP contribution < -0.4 is 0 Å². The molecule has 1 fully saturated rings. The molecule has 0 aromatic heterocycles. The summed E-state index contributed by atoms with van der Waals surface area (Å²) in [4.78, 5) is 0.299. The third-order valence-corrected chi connectivity index (χ3v) is 5.09. The van der Waals surface area contributed by atoms with Crippen molar-refractivity contribution in [1.29, 1.82) is 0 Å². The molecule has 1 nitrogen and oxygen atoms in total. The summed E-state index contributed by atoms with van der Waals surface area (Å²) in [5.41, 5.74) is 2.72. The summed E-state index contributed by atoms with van der Waals surface area (Å²) in [6.45, 7) is 5.32. The molecule has 1 saturated heterocycles. The second-order valence-electron chi connectivity index (χ2n) is 5.12. The van der Waals surface area contributed by atoms with Crippen molar-refractivity contribution in [3.63, 3.8) is 0 Å². The van der Waals surface area contributed by atoms with Crippen LogP contribution in [0.4, 0.5) is 0 Å². The van der Waals surface area contributed by atoms with Crippen LogP contribution in [-0.2, 0) is 11.2 Å². The topological polar surface area (TPSA) is 9.23 Å². The largest absolute Gasteiger partial charge is 0.374 e. The quantitative estimate of drug-likeness (QED) is 0.735. The molecule has 0 saturated carbocycles. The van der Waals surface area contributed by atoms with Crippen LogP contribution in [-0.4, -0.2) is 12.2 Å². The van der Waals surface area contributed by atoms with E-state index in [4.69, 9.17) is 4.74 Å². The van der Waals surface area contributed by atoms with Gasteiger partial charge in [-0.15, -0.1) is 0 Å². The minimum atomic E-state index is -0.0354. The molecule has 1 aliphatic rings. The van der Waals surface area contributed by atoms with Gasteiger partial charge in [0, 0.05) is 6.61 Å². The van der Waals surface area contributed by atoms with Gasteiger partial charge >= 0.3 is 0 Å². The van der Waals surface area contributed by atoms with Crippen molar-refractivity contribution in [3.05, 3.63) is 35.4 Å². The van der Waals surface area contributed by atoms with Crippen molar-refractivity contribution >= 4 is 15.9 Å². The number of halogens is 1. The Balaban J connectivity index is 2.11. The molecule has 94 valence electrons. The molecule has 1 heterocycles. The van der Waals surface area contributed by atoms with Gasteiger partial charge in [0.2, 0.25) is 0 Å². The Morgan fingerprint density at radius 3 is 2.59 bits per heavy atom. The lowest BCUT2D eigenvalue weighted by Gasteiger charge is -2.29. The smallest absolute Gasteiger partial charge is 0.0820 e. The second kappa shape index (κ2) is 5.53. The second-order valence-corrected chi connectivity index (χ2v) is 6.03. The third-order valence-electron chi connectivity index (χ3n) is 3.60. The van der Waals surface area contributed by atoms with Crippen molar-refractivity contribution in [2.45, 2.75) is 50.0 Å². The van der Waals surface area contributed by atoms with Crippen molar-refractivity contribution in [2.75, 3.05) is 6.61 Å². The molecular formula is C15H21BrO. The fourth-order valence-corrected chi connectivity index (χ4v) is 3.16. The van der Waals surface area contributed by atoms with Crippen LogP contribution >= 0.6 is 15.9 Å². The number of aryl methyl sites for hydroxylation is 1. The monoisotopic (exact) mass is 296 g/mol. The van der Waals surface area contributed by atoms with Gasteiger partial charge in [-0.05, 0) is 37.3 Å². The van der Waals surface area contributed by atoms with Crippen LogP contribution in [0.5, 0.6) is 0 Å². The normalized spacial score (nSPS) is 26.1. The number of hydrogen-bond donors (Lipinski definition) is 0. The number of hydrogen-bond acceptors (Lipinski definition) is 1. The first-order chi connectivity index (χ1) is 8.15. The fraction of sp³-hybridized carbons (Fsp3) is 0.600. The Labute approximate surface area is 113 Å². The highest BCUT2D eigenvalue weighted by Crippen LogP contribution is 2.42. The maximum absolute atomic E-state index is 5.89. The molecule has 0 spiro atoms. The third kappa shape index (κ3) is 2.92. The lowest BCUT2D eigenvalue weighted by molar-refractivity contribution is 0.0197. The van der Waals surface area contributed by atoms with E-state index in [0.29, 0.717) is 4.83 Å². The van der Waals surface area contributed by atoms with Crippen molar-refractivity contribution < 1.29 is 4.74 Å². The van der Waals surface area contributed by atoms with E-state index in [1.807, 2.05) is 0 Å². The summed E-state index contributed by atoms with van der Waals surface area (Å²) >= 11 is 3.81. The van der Waals surface area contributed by atoms with Crippen LogP contribution in [0.3, 0.4) is 0 Å². The first-order valence-electron chi connectivity index (χ1n) is 6.52. The minimum Gasteiger partial charge on any atom is -0.374 e. The van der Waals surface area contributed by atoms with E-state index in [9.17, 15) is 0 Å². The van der Waals surface area contributed by atoms with E-state index in [-0.39, 0.29) is 5.60 Å². The SMILES string of the molecule is CCCc1ccc(C(Br)C2(C)CCCO2)cc1. The minimum absolute atomic E-state index is 0.0354. The Bertz CT molecular complexity index is 352. The van der Waals surface area contributed by atoms with Crippen molar-refractivity contribution in [2.24, 2.45) is 0 Å². The molecule has 0 N–H and O–H groups in total. The summed E-state index contributed by atoms with van der Waals surface area (Å²) in [6.07, 6.45) is 4.69. The summed E-state index contributed by atoms with van der Waals surface area (Å²) in [6, 6.07) is 8.95. The zero-order valence-corrected chi connectivity index (χ0v) is 12.3. The van der Waals surface area contributed by atoms with E-state index in [2.05, 4.69) is 54.0 Å². The molecule has 0 bridgehead atoms.